The highest BCUT2D eigenvalue weighted by Crippen LogP contribution is 2.31. The van der Waals surface area contributed by atoms with Gasteiger partial charge in [0.15, 0.2) is 0 Å². The van der Waals surface area contributed by atoms with E-state index in [0.29, 0.717) is 18.4 Å². The van der Waals surface area contributed by atoms with Crippen molar-refractivity contribution in [3.8, 4) is 22.3 Å². The Labute approximate surface area is 309 Å². The van der Waals surface area contributed by atoms with Crippen LogP contribution in [0, 0.1) is 0 Å². The van der Waals surface area contributed by atoms with Crippen molar-refractivity contribution in [2.75, 3.05) is 10.8 Å². The van der Waals surface area contributed by atoms with Crippen LogP contribution in [-0.2, 0) is 27.7 Å². The van der Waals surface area contributed by atoms with Crippen LogP contribution in [0.3, 0.4) is 0 Å². The molecule has 1 atom stereocenters. The van der Waals surface area contributed by atoms with Crippen molar-refractivity contribution in [3.05, 3.63) is 179 Å². The Morgan fingerprint density at radius 1 is 0.654 bits per heavy atom. The second-order valence-electron chi connectivity index (χ2n) is 12.3. The molecule has 1 amide bonds. The van der Waals surface area contributed by atoms with Crippen molar-refractivity contribution in [2.45, 2.75) is 30.2 Å². The van der Waals surface area contributed by atoms with Gasteiger partial charge >= 0.3 is 5.97 Å². The van der Waals surface area contributed by atoms with Crippen LogP contribution in [0.2, 0.25) is 5.02 Å². The Hall–Kier alpha value is -5.70. The monoisotopic (exact) mass is 728 g/mol. The Morgan fingerprint density at radius 3 is 1.73 bits per heavy atom. The van der Waals surface area contributed by atoms with E-state index in [1.54, 1.807) is 24.3 Å². The lowest BCUT2D eigenvalue weighted by molar-refractivity contribution is -0.139. The molecular weight excluding hydrogens is 692 g/mol. The first-order valence-electron chi connectivity index (χ1n) is 16.9. The zero-order valence-electron chi connectivity index (χ0n) is 28.2. The number of nitrogens with one attached hydrogen (secondary N) is 1. The van der Waals surface area contributed by atoms with E-state index in [2.05, 4.69) is 5.32 Å². The summed E-state index contributed by atoms with van der Waals surface area (Å²) in [6.07, 6.45) is 1.06. The first kappa shape index (κ1) is 36.1. The molecule has 0 aromatic heterocycles. The maximum absolute atomic E-state index is 14.5. The van der Waals surface area contributed by atoms with Gasteiger partial charge < -0.3 is 10.4 Å². The molecule has 7 nitrogen and oxygen atoms in total. The molecule has 0 fully saturated rings. The molecule has 9 heteroatoms. The van der Waals surface area contributed by atoms with E-state index in [1.165, 1.54) is 22.5 Å². The average molecular weight is 729 g/mol. The van der Waals surface area contributed by atoms with E-state index in [4.69, 9.17) is 11.6 Å². The normalized spacial score (nSPS) is 11.8. The Bertz CT molecular complexity index is 2230. The largest absolute Gasteiger partial charge is 0.480 e. The second-order valence-corrected chi connectivity index (χ2v) is 14.6. The number of anilines is 1. The molecule has 0 saturated heterocycles. The van der Waals surface area contributed by atoms with E-state index >= 15 is 0 Å². The molecule has 1 unspecified atom stereocenters. The smallest absolute Gasteiger partial charge is 0.326 e. The molecule has 0 spiro atoms. The zero-order chi connectivity index (χ0) is 36.5. The van der Waals surface area contributed by atoms with E-state index in [9.17, 15) is 23.1 Å². The number of hydrogen-bond donors (Lipinski definition) is 2. The van der Waals surface area contributed by atoms with Gasteiger partial charge in [0.2, 0.25) is 0 Å². The number of carboxylic acids is 1. The van der Waals surface area contributed by atoms with E-state index in [-0.39, 0.29) is 34.1 Å². The number of aliphatic carboxylic acids is 1. The predicted molar refractivity (Wildman–Crippen MR) is 207 cm³/mol. The van der Waals surface area contributed by atoms with Crippen LogP contribution in [-0.4, -0.2) is 38.0 Å². The van der Waals surface area contributed by atoms with Gasteiger partial charge in [-0.2, -0.15) is 0 Å². The summed E-state index contributed by atoms with van der Waals surface area (Å²) in [7, 11) is -4.20. The van der Waals surface area contributed by atoms with Crippen LogP contribution in [0.4, 0.5) is 5.69 Å². The fourth-order valence-corrected chi connectivity index (χ4v) is 7.76. The fraction of sp³-hybridized carbons (Fsp3) is 0.116. The molecule has 52 heavy (non-hydrogen) atoms. The first-order chi connectivity index (χ1) is 25.2. The van der Waals surface area contributed by atoms with Crippen molar-refractivity contribution >= 4 is 39.2 Å². The molecule has 2 N–H and O–H groups in total. The van der Waals surface area contributed by atoms with Crippen molar-refractivity contribution in [1.82, 2.24) is 5.32 Å². The highest BCUT2D eigenvalue weighted by molar-refractivity contribution is 7.92. The number of aryl methyl sites for hydroxylation is 1. The van der Waals surface area contributed by atoms with Gasteiger partial charge in [-0.05, 0) is 76.6 Å². The van der Waals surface area contributed by atoms with Crippen LogP contribution in [0.5, 0.6) is 0 Å². The van der Waals surface area contributed by atoms with E-state index < -0.39 is 27.9 Å². The topological polar surface area (TPSA) is 104 Å². The number of hydrogen-bond acceptors (Lipinski definition) is 4. The van der Waals surface area contributed by atoms with Crippen molar-refractivity contribution in [1.29, 1.82) is 0 Å². The third kappa shape index (κ3) is 8.77. The average Bonchev–Trinajstić information content (AvgIpc) is 3.18. The highest BCUT2D eigenvalue weighted by atomic mass is 35.5. The van der Waals surface area contributed by atoms with E-state index in [0.717, 1.165) is 27.8 Å². The number of benzene rings is 6. The number of amides is 1. The van der Waals surface area contributed by atoms with Crippen molar-refractivity contribution < 1.29 is 23.1 Å². The predicted octanol–water partition coefficient (Wildman–Crippen LogP) is 8.93. The molecule has 0 aliphatic carbocycles. The van der Waals surface area contributed by atoms with Gasteiger partial charge in [-0.1, -0.05) is 139 Å². The van der Waals surface area contributed by atoms with Crippen molar-refractivity contribution in [2.24, 2.45) is 0 Å². The number of carbonyl (C=O) groups excluding carboxylic acids is 1. The maximum atomic E-state index is 14.5. The quantitative estimate of drug-likeness (QED) is 0.117. The molecule has 6 rings (SSSR count). The maximum Gasteiger partial charge on any atom is 0.326 e. The number of carboxylic acid groups (broad SMARTS) is 1. The molecule has 0 aliphatic rings. The van der Waals surface area contributed by atoms with Crippen LogP contribution in [0.15, 0.2) is 163 Å². The Balaban J connectivity index is 1.29. The van der Waals surface area contributed by atoms with Gasteiger partial charge in [0.25, 0.3) is 15.9 Å². The Morgan fingerprint density at radius 2 is 1.17 bits per heavy atom. The second kappa shape index (κ2) is 16.5. The van der Waals surface area contributed by atoms with Crippen molar-refractivity contribution in [3.63, 3.8) is 0 Å². The molecule has 6 aromatic carbocycles. The van der Waals surface area contributed by atoms with Gasteiger partial charge in [0.1, 0.15) is 6.04 Å². The summed E-state index contributed by atoms with van der Waals surface area (Å²) in [6, 6.07) is 46.4. The molecule has 0 radical (unpaired) electrons. The Kier molecular flexibility index (Phi) is 11.5. The van der Waals surface area contributed by atoms with Gasteiger partial charge in [-0.15, -0.1) is 0 Å². The zero-order valence-corrected chi connectivity index (χ0v) is 29.8. The minimum absolute atomic E-state index is 0.0128. The summed E-state index contributed by atoms with van der Waals surface area (Å²) in [5, 5.41) is 13.0. The number of nitrogens with zero attached hydrogens (tertiary/aromatic N) is 1. The standard InChI is InChI=1S/C43H37ClN2O5S/c44-37-24-27-41(39(30-37)42(47)45-40(43(48)49)29-32-18-20-35(21-19-32)33-14-6-2-7-15-33)46(28-10-13-31-11-4-1-5-12-31)52(50,51)38-25-22-36(23-26-38)34-16-8-3-9-17-34/h1-9,11-12,14-27,30,40H,10,13,28-29H2,(H,45,47)(H,48,49). The summed E-state index contributed by atoms with van der Waals surface area (Å²) >= 11 is 6.39. The third-order valence-corrected chi connectivity index (χ3v) is 10.9. The molecule has 0 aliphatic heterocycles. The minimum atomic E-state index is -4.20. The summed E-state index contributed by atoms with van der Waals surface area (Å²) in [6.45, 7) is 0.0513. The fourth-order valence-electron chi connectivity index (χ4n) is 6.06. The molecule has 6 aromatic rings. The molecule has 0 bridgehead atoms. The molecular formula is C43H37ClN2O5S. The highest BCUT2D eigenvalue weighted by Gasteiger charge is 2.30. The van der Waals surface area contributed by atoms with Crippen LogP contribution in [0.1, 0.15) is 27.9 Å². The molecule has 0 saturated carbocycles. The van der Waals surface area contributed by atoms with Crippen LogP contribution < -0.4 is 9.62 Å². The minimum Gasteiger partial charge on any atom is -0.480 e. The number of sulfonamides is 1. The van der Waals surface area contributed by atoms with Crippen LogP contribution in [0.25, 0.3) is 22.3 Å². The lowest BCUT2D eigenvalue weighted by Gasteiger charge is -2.27. The third-order valence-electron chi connectivity index (χ3n) is 8.80. The lowest BCUT2D eigenvalue weighted by Crippen LogP contribution is -2.43. The first-order valence-corrected chi connectivity index (χ1v) is 18.7. The summed E-state index contributed by atoms with van der Waals surface area (Å²) in [4.78, 5) is 26.5. The molecule has 0 heterocycles. The SMILES string of the molecule is O=C(NC(Cc1ccc(-c2ccccc2)cc1)C(=O)O)c1cc(Cl)ccc1N(CCCc1ccccc1)S(=O)(=O)c1ccc(-c2ccccc2)cc1. The van der Waals surface area contributed by atoms with Gasteiger partial charge in [-0.25, -0.2) is 13.2 Å². The summed E-state index contributed by atoms with van der Waals surface area (Å²) < 4.78 is 30.1. The van der Waals surface area contributed by atoms with Crippen LogP contribution >= 0.6 is 11.6 Å². The van der Waals surface area contributed by atoms with E-state index in [1.807, 2.05) is 115 Å². The van der Waals surface area contributed by atoms with Gasteiger partial charge in [0.05, 0.1) is 16.1 Å². The summed E-state index contributed by atoms with van der Waals surface area (Å²) in [5.41, 5.74) is 5.61. The lowest BCUT2D eigenvalue weighted by atomic mass is 10.0. The number of rotatable bonds is 14. The molecule has 262 valence electrons. The van der Waals surface area contributed by atoms with Gasteiger partial charge in [-0.3, -0.25) is 9.10 Å². The van der Waals surface area contributed by atoms with Gasteiger partial charge in [0, 0.05) is 18.0 Å². The number of halogens is 1. The summed E-state index contributed by atoms with van der Waals surface area (Å²) in [5.74, 6) is -1.98. The number of carbonyl (C=O) groups is 2.